The Bertz CT molecular complexity index is 762. The Hall–Kier alpha value is -2.50. The summed E-state index contributed by atoms with van der Waals surface area (Å²) in [5, 5.41) is 2.48. The average molecular weight is 379 g/mol. The van der Waals surface area contributed by atoms with E-state index in [0.29, 0.717) is 13.0 Å². The maximum Gasteiger partial charge on any atom is 0.416 e. The first-order valence-corrected chi connectivity index (χ1v) is 8.76. The van der Waals surface area contributed by atoms with Crippen LogP contribution in [0.25, 0.3) is 0 Å². The van der Waals surface area contributed by atoms with E-state index in [0.717, 1.165) is 17.9 Å². The van der Waals surface area contributed by atoms with Gasteiger partial charge >= 0.3 is 6.18 Å². The van der Waals surface area contributed by atoms with Crippen LogP contribution in [0.2, 0.25) is 0 Å². The number of rotatable bonds is 6. The van der Waals surface area contributed by atoms with Crippen LogP contribution >= 0.6 is 0 Å². The van der Waals surface area contributed by atoms with E-state index in [1.807, 2.05) is 24.3 Å². The molecule has 2 rings (SSSR count). The first-order valence-electron chi connectivity index (χ1n) is 8.76. The lowest BCUT2D eigenvalue weighted by molar-refractivity contribution is -0.137. The SMILES string of the molecule is CC(C)(C)c1ccc(OCCCC(=O)Nc2cccc(C(F)(F)F)c2)cc1. The molecule has 0 fully saturated rings. The molecule has 0 spiro atoms. The molecule has 2 aromatic carbocycles. The van der Waals surface area contributed by atoms with E-state index in [9.17, 15) is 18.0 Å². The second-order valence-electron chi connectivity index (χ2n) is 7.35. The van der Waals surface area contributed by atoms with Gasteiger partial charge in [0.1, 0.15) is 5.75 Å². The molecule has 0 aliphatic heterocycles. The highest BCUT2D eigenvalue weighted by Gasteiger charge is 2.30. The van der Waals surface area contributed by atoms with E-state index < -0.39 is 11.7 Å². The Morgan fingerprint density at radius 1 is 1.00 bits per heavy atom. The fourth-order valence-corrected chi connectivity index (χ4v) is 2.47. The van der Waals surface area contributed by atoms with E-state index in [4.69, 9.17) is 4.74 Å². The number of hydrogen-bond donors (Lipinski definition) is 1. The Balaban J connectivity index is 1.77. The minimum Gasteiger partial charge on any atom is -0.494 e. The summed E-state index contributed by atoms with van der Waals surface area (Å²) in [5.74, 6) is 0.377. The van der Waals surface area contributed by atoms with Crippen LogP contribution in [0.3, 0.4) is 0 Å². The van der Waals surface area contributed by atoms with Gasteiger partial charge in [-0.2, -0.15) is 13.2 Å². The number of benzene rings is 2. The molecule has 6 heteroatoms. The van der Waals surface area contributed by atoms with Gasteiger partial charge < -0.3 is 10.1 Å². The molecule has 1 amide bonds. The number of carbonyl (C=O) groups is 1. The zero-order valence-corrected chi connectivity index (χ0v) is 15.7. The lowest BCUT2D eigenvalue weighted by Gasteiger charge is -2.19. The molecule has 1 N–H and O–H groups in total. The summed E-state index contributed by atoms with van der Waals surface area (Å²) in [6.45, 7) is 6.74. The zero-order chi connectivity index (χ0) is 20.1. The van der Waals surface area contributed by atoms with Crippen LogP contribution in [0.1, 0.15) is 44.7 Å². The largest absolute Gasteiger partial charge is 0.494 e. The summed E-state index contributed by atoms with van der Waals surface area (Å²) in [6, 6.07) is 12.4. The lowest BCUT2D eigenvalue weighted by atomic mass is 9.87. The first kappa shape index (κ1) is 20.8. The number of nitrogens with one attached hydrogen (secondary N) is 1. The molecular weight excluding hydrogens is 355 g/mol. The van der Waals surface area contributed by atoms with Crippen molar-refractivity contribution >= 4 is 11.6 Å². The topological polar surface area (TPSA) is 38.3 Å². The van der Waals surface area contributed by atoms with Gasteiger partial charge in [-0.05, 0) is 47.7 Å². The molecule has 0 saturated heterocycles. The Kier molecular flexibility index (Phi) is 6.52. The van der Waals surface area contributed by atoms with E-state index >= 15 is 0 Å². The number of halogens is 3. The first-order chi connectivity index (χ1) is 12.6. The van der Waals surface area contributed by atoms with Gasteiger partial charge in [0, 0.05) is 12.1 Å². The minimum absolute atomic E-state index is 0.0695. The maximum atomic E-state index is 12.7. The van der Waals surface area contributed by atoms with Crippen LogP contribution in [0, 0.1) is 0 Å². The van der Waals surface area contributed by atoms with Crippen LogP contribution in [-0.4, -0.2) is 12.5 Å². The molecule has 0 saturated carbocycles. The predicted octanol–water partition coefficient (Wildman–Crippen LogP) is 5.80. The van der Waals surface area contributed by atoms with Crippen molar-refractivity contribution in [1.82, 2.24) is 0 Å². The van der Waals surface area contributed by atoms with Gasteiger partial charge in [0.15, 0.2) is 0 Å². The van der Waals surface area contributed by atoms with Crippen molar-refractivity contribution < 1.29 is 22.7 Å². The van der Waals surface area contributed by atoms with Crippen molar-refractivity contribution in [2.75, 3.05) is 11.9 Å². The van der Waals surface area contributed by atoms with Crippen LogP contribution in [0.4, 0.5) is 18.9 Å². The van der Waals surface area contributed by atoms with Gasteiger partial charge in [0.05, 0.1) is 12.2 Å². The maximum absolute atomic E-state index is 12.7. The van der Waals surface area contributed by atoms with E-state index in [-0.39, 0.29) is 23.4 Å². The highest BCUT2D eigenvalue weighted by atomic mass is 19.4. The van der Waals surface area contributed by atoms with E-state index in [1.165, 1.54) is 17.7 Å². The molecule has 0 unspecified atom stereocenters. The van der Waals surface area contributed by atoms with Crippen LogP contribution in [-0.2, 0) is 16.4 Å². The standard InChI is InChI=1S/C21H24F3NO2/c1-20(2,3)15-9-11-18(12-10-15)27-13-5-8-19(26)25-17-7-4-6-16(14-17)21(22,23)24/h4,6-7,9-12,14H,5,8,13H2,1-3H3,(H,25,26). The zero-order valence-electron chi connectivity index (χ0n) is 15.7. The van der Waals surface area contributed by atoms with Gasteiger partial charge in [0.25, 0.3) is 0 Å². The van der Waals surface area contributed by atoms with Crippen molar-refractivity contribution in [1.29, 1.82) is 0 Å². The summed E-state index contributed by atoms with van der Waals surface area (Å²) in [6.07, 6.45) is -3.81. The third-order valence-electron chi connectivity index (χ3n) is 4.01. The molecule has 0 atom stereocenters. The minimum atomic E-state index is -4.43. The molecule has 3 nitrogen and oxygen atoms in total. The predicted molar refractivity (Wildman–Crippen MR) is 99.9 cm³/mol. The molecular formula is C21H24F3NO2. The molecule has 0 aliphatic carbocycles. The highest BCUT2D eigenvalue weighted by molar-refractivity contribution is 5.90. The summed E-state index contributed by atoms with van der Waals surface area (Å²) < 4.78 is 43.6. The third-order valence-corrected chi connectivity index (χ3v) is 4.01. The summed E-state index contributed by atoms with van der Waals surface area (Å²) in [7, 11) is 0. The molecule has 27 heavy (non-hydrogen) atoms. The average Bonchev–Trinajstić information content (AvgIpc) is 2.58. The number of alkyl halides is 3. The normalized spacial score (nSPS) is 11.9. The fourth-order valence-electron chi connectivity index (χ4n) is 2.47. The number of anilines is 1. The van der Waals surface area contributed by atoms with Crippen LogP contribution in [0.5, 0.6) is 5.75 Å². The van der Waals surface area contributed by atoms with Crippen molar-refractivity contribution in [2.24, 2.45) is 0 Å². The van der Waals surface area contributed by atoms with E-state index in [2.05, 4.69) is 26.1 Å². The summed E-state index contributed by atoms with van der Waals surface area (Å²) >= 11 is 0. The molecule has 0 bridgehead atoms. The van der Waals surface area contributed by atoms with E-state index in [1.54, 1.807) is 0 Å². The summed E-state index contributed by atoms with van der Waals surface area (Å²) in [5.41, 5.74) is 0.617. The molecule has 2 aromatic rings. The fraction of sp³-hybridized carbons (Fsp3) is 0.381. The van der Waals surface area contributed by atoms with Gasteiger partial charge in [-0.15, -0.1) is 0 Å². The quantitative estimate of drug-likeness (QED) is 0.644. The highest BCUT2D eigenvalue weighted by Crippen LogP contribution is 2.30. The molecule has 0 heterocycles. The number of amides is 1. The van der Waals surface area contributed by atoms with Gasteiger partial charge in [-0.1, -0.05) is 39.0 Å². The Morgan fingerprint density at radius 2 is 1.67 bits per heavy atom. The monoisotopic (exact) mass is 379 g/mol. The van der Waals surface area contributed by atoms with Crippen molar-refractivity contribution in [3.63, 3.8) is 0 Å². The van der Waals surface area contributed by atoms with Crippen molar-refractivity contribution in [3.05, 3.63) is 59.7 Å². The number of hydrogen-bond acceptors (Lipinski definition) is 2. The number of carbonyl (C=O) groups excluding carboxylic acids is 1. The smallest absolute Gasteiger partial charge is 0.416 e. The Morgan fingerprint density at radius 3 is 2.26 bits per heavy atom. The Labute approximate surface area is 157 Å². The van der Waals surface area contributed by atoms with Gasteiger partial charge in [-0.25, -0.2) is 0 Å². The second kappa shape index (κ2) is 8.46. The second-order valence-corrected chi connectivity index (χ2v) is 7.35. The molecule has 0 aliphatic rings. The molecule has 146 valence electrons. The van der Waals surface area contributed by atoms with Crippen LogP contribution in [0.15, 0.2) is 48.5 Å². The van der Waals surface area contributed by atoms with Crippen LogP contribution < -0.4 is 10.1 Å². The number of ether oxygens (including phenoxy) is 1. The van der Waals surface area contributed by atoms with Crippen molar-refractivity contribution in [3.8, 4) is 5.75 Å². The van der Waals surface area contributed by atoms with Gasteiger partial charge in [0.2, 0.25) is 5.91 Å². The lowest BCUT2D eigenvalue weighted by Crippen LogP contribution is -2.14. The van der Waals surface area contributed by atoms with Crippen molar-refractivity contribution in [2.45, 2.75) is 45.2 Å². The summed E-state index contributed by atoms with van der Waals surface area (Å²) in [4.78, 5) is 11.9. The van der Waals surface area contributed by atoms with Gasteiger partial charge in [-0.3, -0.25) is 4.79 Å². The third kappa shape index (κ3) is 6.62. The molecule has 0 aromatic heterocycles. The molecule has 0 radical (unpaired) electrons.